The lowest BCUT2D eigenvalue weighted by Crippen LogP contribution is -2.58. The first-order chi connectivity index (χ1) is 19.6. The summed E-state index contributed by atoms with van der Waals surface area (Å²) in [5, 5.41) is 3.02. The van der Waals surface area contributed by atoms with Crippen LogP contribution >= 0.6 is 0 Å². The molecule has 1 aromatic heterocycles. The van der Waals surface area contributed by atoms with E-state index in [1.807, 2.05) is 31.2 Å². The van der Waals surface area contributed by atoms with Gasteiger partial charge in [-0.25, -0.2) is 22.8 Å². The number of hydrogen-bond acceptors (Lipinski definition) is 7. The minimum atomic E-state index is -3.03. The van der Waals surface area contributed by atoms with Crippen LogP contribution < -0.4 is 10.2 Å². The average Bonchev–Trinajstić information content (AvgIpc) is 2.92. The lowest BCUT2D eigenvalue weighted by atomic mass is 9.59. The molecule has 3 heterocycles. The molecule has 0 unspecified atom stereocenters. The van der Waals surface area contributed by atoms with Gasteiger partial charge < -0.3 is 15.1 Å². The molecule has 1 atom stereocenters. The van der Waals surface area contributed by atoms with E-state index in [-0.39, 0.29) is 35.0 Å². The number of hydrogen-bond donors (Lipinski definition) is 1. The minimum Gasteiger partial charge on any atom is -0.344 e. The van der Waals surface area contributed by atoms with E-state index < -0.39 is 9.84 Å². The van der Waals surface area contributed by atoms with Crippen molar-refractivity contribution in [1.82, 2.24) is 20.2 Å². The minimum absolute atomic E-state index is 0.0532. The molecule has 1 saturated carbocycles. The van der Waals surface area contributed by atoms with Gasteiger partial charge in [-0.1, -0.05) is 42.0 Å². The highest BCUT2D eigenvalue weighted by atomic mass is 32.2. The van der Waals surface area contributed by atoms with E-state index in [1.54, 1.807) is 11.0 Å². The van der Waals surface area contributed by atoms with Gasteiger partial charge in [0.1, 0.15) is 11.5 Å². The number of aromatic nitrogens is 2. The van der Waals surface area contributed by atoms with Gasteiger partial charge in [-0.05, 0) is 67.3 Å². The molecule has 2 saturated heterocycles. The van der Waals surface area contributed by atoms with Crippen LogP contribution in [0.5, 0.6) is 0 Å². The Bertz CT molecular complexity index is 1580. The molecule has 1 aliphatic carbocycles. The second kappa shape index (κ2) is 10.6. The largest absolute Gasteiger partial charge is 0.344 e. The predicted molar refractivity (Wildman–Crippen MR) is 157 cm³/mol. The van der Waals surface area contributed by atoms with Crippen LogP contribution in [0.2, 0.25) is 0 Å². The zero-order valence-electron chi connectivity index (χ0n) is 23.3. The van der Waals surface area contributed by atoms with Crippen molar-refractivity contribution >= 4 is 27.3 Å². The van der Waals surface area contributed by atoms with Crippen LogP contribution in [-0.2, 0) is 9.84 Å². The molecular weight excluding hydrogens is 541 g/mol. The Kier molecular flexibility index (Phi) is 7.15. The fourth-order valence-corrected chi connectivity index (χ4v) is 7.58. The van der Waals surface area contributed by atoms with Crippen LogP contribution in [-0.4, -0.2) is 73.9 Å². The molecule has 3 fully saturated rings. The molecule has 0 radical (unpaired) electrons. The predicted octanol–water partition coefficient (Wildman–Crippen LogP) is 3.87. The van der Waals surface area contributed by atoms with Gasteiger partial charge in [-0.15, -0.1) is 0 Å². The van der Waals surface area contributed by atoms with E-state index in [0.29, 0.717) is 24.5 Å². The second-order valence-corrected chi connectivity index (χ2v) is 14.0. The third kappa shape index (κ3) is 5.76. The monoisotopic (exact) mass is 575 g/mol. The summed E-state index contributed by atoms with van der Waals surface area (Å²) in [6.45, 7) is 4.79. The number of likely N-dealkylation sites (tertiary alicyclic amines) is 1. The van der Waals surface area contributed by atoms with Crippen molar-refractivity contribution < 1.29 is 17.6 Å². The quantitative estimate of drug-likeness (QED) is 0.477. The number of benzene rings is 2. The highest BCUT2D eigenvalue weighted by molar-refractivity contribution is 7.91. The van der Waals surface area contributed by atoms with Crippen molar-refractivity contribution in [2.45, 2.75) is 25.8 Å². The van der Waals surface area contributed by atoms with Gasteiger partial charge in [0.25, 0.3) is 5.91 Å². The molecule has 1 amide bonds. The molecule has 8 nitrogen and oxygen atoms in total. The zero-order chi connectivity index (χ0) is 28.8. The molecule has 2 aliphatic heterocycles. The number of amides is 1. The maximum Gasteiger partial charge on any atom is 0.270 e. The van der Waals surface area contributed by atoms with E-state index in [2.05, 4.69) is 39.4 Å². The third-order valence-corrected chi connectivity index (χ3v) is 10.0. The van der Waals surface area contributed by atoms with Crippen LogP contribution in [0.1, 0.15) is 53.0 Å². The molecule has 1 spiro atoms. The van der Waals surface area contributed by atoms with Crippen LogP contribution in [0.25, 0.3) is 5.57 Å². The van der Waals surface area contributed by atoms with Crippen molar-refractivity contribution in [2.24, 2.45) is 5.41 Å². The normalized spacial score (nSPS) is 20.2. The summed E-state index contributed by atoms with van der Waals surface area (Å²) in [5.41, 5.74) is 6.25. The maximum absolute atomic E-state index is 13.7. The highest BCUT2D eigenvalue weighted by Gasteiger charge is 2.49. The van der Waals surface area contributed by atoms with E-state index in [0.717, 1.165) is 42.6 Å². The van der Waals surface area contributed by atoms with Crippen LogP contribution in [0.3, 0.4) is 0 Å². The Hall–Kier alpha value is -3.63. The van der Waals surface area contributed by atoms with E-state index in [9.17, 15) is 17.6 Å². The first-order valence-corrected chi connectivity index (χ1v) is 15.8. The summed E-state index contributed by atoms with van der Waals surface area (Å²) in [4.78, 5) is 25.8. The Morgan fingerprint density at radius 3 is 2.20 bits per heavy atom. The summed E-state index contributed by atoms with van der Waals surface area (Å²) in [6.07, 6.45) is 3.65. The molecule has 6 rings (SSSR count). The number of nitrogens with zero attached hydrogens (tertiary/aromatic N) is 4. The van der Waals surface area contributed by atoms with Gasteiger partial charge in [0.15, 0.2) is 9.84 Å². The molecule has 0 bridgehead atoms. The SMILES string of the molecule is C[C@@H](NC(=O)c1ccnc(N2CCS(=O)(=O)CC2)n1)c1ccc(C(=C2CC3(C2)CN(C)C3)c2ccc(F)cc2)cc1. The second-order valence-electron chi connectivity index (χ2n) is 11.7. The summed E-state index contributed by atoms with van der Waals surface area (Å²) in [7, 11) is -0.876. The van der Waals surface area contributed by atoms with Gasteiger partial charge in [0.2, 0.25) is 5.95 Å². The topological polar surface area (TPSA) is 95.5 Å². The molecule has 3 aromatic rings. The molecule has 214 valence electrons. The number of nitrogens with one attached hydrogen (secondary N) is 1. The Morgan fingerprint density at radius 1 is 0.976 bits per heavy atom. The number of rotatable bonds is 6. The molecule has 3 aliphatic rings. The number of anilines is 1. The smallest absolute Gasteiger partial charge is 0.270 e. The number of carbonyl (C=O) groups is 1. The fraction of sp³-hybridized carbons (Fsp3) is 0.387. The number of carbonyl (C=O) groups excluding carboxylic acids is 1. The molecule has 10 heteroatoms. The molecular formula is C31H34FN5O3S. The summed E-state index contributed by atoms with van der Waals surface area (Å²) in [6, 6.07) is 16.2. The summed E-state index contributed by atoms with van der Waals surface area (Å²) in [5.74, 6) is -0.107. The van der Waals surface area contributed by atoms with Crippen molar-refractivity contribution in [1.29, 1.82) is 0 Å². The van der Waals surface area contributed by atoms with Crippen LogP contribution in [0, 0.1) is 11.2 Å². The summed E-state index contributed by atoms with van der Waals surface area (Å²) >= 11 is 0. The van der Waals surface area contributed by atoms with Gasteiger partial charge >= 0.3 is 0 Å². The fourth-order valence-electron chi connectivity index (χ4n) is 6.38. The first kappa shape index (κ1) is 27.5. The van der Waals surface area contributed by atoms with Crippen molar-refractivity contribution in [3.05, 3.63) is 94.6 Å². The molecule has 1 N–H and O–H groups in total. The van der Waals surface area contributed by atoms with Crippen molar-refractivity contribution in [3.8, 4) is 0 Å². The molecule has 2 aromatic carbocycles. The van der Waals surface area contributed by atoms with Crippen molar-refractivity contribution in [3.63, 3.8) is 0 Å². The van der Waals surface area contributed by atoms with Gasteiger partial charge in [-0.3, -0.25) is 4.79 Å². The van der Waals surface area contributed by atoms with Gasteiger partial charge in [0.05, 0.1) is 17.5 Å². The summed E-state index contributed by atoms with van der Waals surface area (Å²) < 4.78 is 37.2. The third-order valence-electron chi connectivity index (χ3n) is 8.42. The van der Waals surface area contributed by atoms with Gasteiger partial charge in [-0.2, -0.15) is 0 Å². The van der Waals surface area contributed by atoms with Gasteiger partial charge in [0, 0.05) is 37.8 Å². The van der Waals surface area contributed by atoms with Crippen LogP contribution in [0.4, 0.5) is 10.3 Å². The lowest BCUT2D eigenvalue weighted by molar-refractivity contribution is -0.0106. The first-order valence-electron chi connectivity index (χ1n) is 14.0. The Morgan fingerprint density at radius 2 is 1.59 bits per heavy atom. The Balaban J connectivity index is 1.16. The lowest BCUT2D eigenvalue weighted by Gasteiger charge is -2.56. The van der Waals surface area contributed by atoms with E-state index >= 15 is 0 Å². The number of halogens is 1. The zero-order valence-corrected chi connectivity index (χ0v) is 24.1. The van der Waals surface area contributed by atoms with Crippen LogP contribution in [0.15, 0.2) is 66.4 Å². The maximum atomic E-state index is 13.7. The van der Waals surface area contributed by atoms with Crippen molar-refractivity contribution in [2.75, 3.05) is 49.6 Å². The highest BCUT2D eigenvalue weighted by Crippen LogP contribution is 2.54. The average molecular weight is 576 g/mol. The standard InChI is InChI=1S/C31H34FN5O3S/c1-21(34-29(38)27-11-12-33-30(35-27)37-13-15-41(39,40)16-14-37)22-3-5-23(6-4-22)28(24-7-9-26(32)10-8-24)25-17-31(18-25)19-36(2)20-31/h3-12,21H,13-20H2,1-2H3,(H,34,38)/t21-/m1/s1. The number of sulfone groups is 1. The van der Waals surface area contributed by atoms with E-state index in [4.69, 9.17) is 0 Å². The number of allylic oxidation sites excluding steroid dienone is 1. The Labute approximate surface area is 240 Å². The molecule has 41 heavy (non-hydrogen) atoms. The van der Waals surface area contributed by atoms with E-state index in [1.165, 1.54) is 29.5 Å².